The molecule has 2 rings (SSSR count). The van der Waals surface area contributed by atoms with Crippen molar-refractivity contribution in [2.24, 2.45) is 0 Å². The van der Waals surface area contributed by atoms with Crippen molar-refractivity contribution in [3.8, 4) is 0 Å². The van der Waals surface area contributed by atoms with E-state index in [9.17, 15) is 8.42 Å². The molecule has 19 heavy (non-hydrogen) atoms. The van der Waals surface area contributed by atoms with Crippen LogP contribution in [0.4, 0.5) is 17.8 Å². The Hall–Kier alpha value is -1.88. The van der Waals surface area contributed by atoms with E-state index in [2.05, 4.69) is 14.3 Å². The lowest BCUT2D eigenvalue weighted by atomic mass is 10.1. The van der Waals surface area contributed by atoms with Crippen LogP contribution in [0.25, 0.3) is 0 Å². The van der Waals surface area contributed by atoms with Gasteiger partial charge in [0.25, 0.3) is 0 Å². The van der Waals surface area contributed by atoms with E-state index in [1.165, 1.54) is 0 Å². The average molecular weight is 291 g/mol. The maximum absolute atomic E-state index is 10.6. The molecule has 0 aromatic carbocycles. The number of anilines is 3. The van der Waals surface area contributed by atoms with E-state index in [1.54, 1.807) is 0 Å². The Morgan fingerprint density at radius 3 is 2.16 bits per heavy atom. The summed E-state index contributed by atoms with van der Waals surface area (Å²) < 4.78 is 34.4. The topological polar surface area (TPSA) is 149 Å². The van der Waals surface area contributed by atoms with Crippen molar-refractivity contribution in [1.82, 2.24) is 9.97 Å². The third-order valence-corrected chi connectivity index (χ3v) is 2.99. The van der Waals surface area contributed by atoms with Crippen LogP contribution >= 0.6 is 0 Å². The summed E-state index contributed by atoms with van der Waals surface area (Å²) in [6.45, 7) is 1.56. The predicted molar refractivity (Wildman–Crippen MR) is 65.2 cm³/mol. The number of piperidine rings is 1. The second-order valence-corrected chi connectivity index (χ2v) is 5.09. The summed E-state index contributed by atoms with van der Waals surface area (Å²) in [7, 11) is -4.75. The second-order valence-electron chi connectivity index (χ2n) is 4.08. The number of nitrogens with zero attached hydrogens (tertiary/aromatic N) is 4. The van der Waals surface area contributed by atoms with E-state index in [1.807, 2.05) is 4.90 Å². The summed E-state index contributed by atoms with van der Waals surface area (Å²) in [6, 6.07) is 0. The lowest BCUT2D eigenvalue weighted by Gasteiger charge is -2.24. The Balaban J connectivity index is 2.30. The van der Waals surface area contributed by atoms with Crippen molar-refractivity contribution in [3.05, 3.63) is 0 Å². The number of rotatable bonds is 3. The molecule has 11 heteroatoms. The Morgan fingerprint density at radius 2 is 1.68 bits per heavy atom. The molecular weight excluding hydrogens is 276 g/mol. The Kier molecular flexibility index (Phi) is 3.57. The van der Waals surface area contributed by atoms with Crippen molar-refractivity contribution >= 4 is 28.2 Å². The minimum atomic E-state index is -4.75. The molecule has 1 aromatic heterocycles. The summed E-state index contributed by atoms with van der Waals surface area (Å²) in [5, 5.41) is 0. The van der Waals surface area contributed by atoms with Gasteiger partial charge in [-0.3, -0.25) is 4.55 Å². The first-order valence-corrected chi connectivity index (χ1v) is 7.01. The van der Waals surface area contributed by atoms with Gasteiger partial charge in [0.1, 0.15) is 0 Å². The van der Waals surface area contributed by atoms with Gasteiger partial charge in [-0.2, -0.15) is 8.42 Å². The fourth-order valence-corrected chi connectivity index (χ4v) is 2.19. The zero-order valence-electron chi connectivity index (χ0n) is 10.1. The van der Waals surface area contributed by atoms with E-state index in [0.29, 0.717) is 10.7 Å². The van der Waals surface area contributed by atoms with Gasteiger partial charge in [0, 0.05) is 13.1 Å². The molecule has 0 saturated carbocycles. The first-order valence-electron chi connectivity index (χ1n) is 5.64. The maximum atomic E-state index is 10.6. The molecule has 0 unspecified atom stereocenters. The smallest absolute Gasteiger partial charge is 0.324 e. The van der Waals surface area contributed by atoms with Crippen LogP contribution in [0.2, 0.25) is 0 Å². The number of hydrogen-bond acceptors (Lipinski definition) is 8. The highest BCUT2D eigenvalue weighted by Gasteiger charge is 2.25. The highest BCUT2D eigenvalue weighted by molar-refractivity contribution is 7.80. The Morgan fingerprint density at radius 1 is 1.16 bits per heavy atom. The predicted octanol–water partition coefficient (Wildman–Crippen LogP) is -1.85. The van der Waals surface area contributed by atoms with Gasteiger partial charge in [0.05, 0.1) is 0 Å². The highest BCUT2D eigenvalue weighted by atomic mass is 32.3. The lowest BCUT2D eigenvalue weighted by Crippen LogP contribution is -2.51. The van der Waals surface area contributed by atoms with Crippen LogP contribution in [-0.2, 0) is 10.4 Å². The lowest BCUT2D eigenvalue weighted by molar-refractivity contribution is -0.836. The zero-order chi connectivity index (χ0) is 14.0. The summed E-state index contributed by atoms with van der Waals surface area (Å²) >= 11 is 0. The van der Waals surface area contributed by atoms with E-state index < -0.39 is 10.4 Å². The first-order chi connectivity index (χ1) is 8.87. The summed E-state index contributed by atoms with van der Waals surface area (Å²) in [4.78, 5) is 9.73. The maximum Gasteiger partial charge on any atom is 0.472 e. The normalized spacial score (nSPS) is 16.4. The van der Waals surface area contributed by atoms with Crippen LogP contribution in [0.15, 0.2) is 0 Å². The molecule has 0 radical (unpaired) electrons. The molecular formula is C8H15N6O4S+. The SMILES string of the molecule is Nc1nc(N2CCCCC2)nc(N)[n+]1OS(=O)(=O)O. The standard InChI is InChI=1S/C8H14N6O4S/c9-6-11-8(13-4-2-1-3-5-13)12-7(10)14(6)18-19(15,16)17/h1-5H2,(H4,9,10,11,12,15,16,17)/p+1. The van der Waals surface area contributed by atoms with Crippen molar-refractivity contribution in [3.63, 3.8) is 0 Å². The van der Waals surface area contributed by atoms with E-state index >= 15 is 0 Å². The third kappa shape index (κ3) is 3.32. The molecule has 1 aliphatic heterocycles. The van der Waals surface area contributed by atoms with Gasteiger partial charge in [0.15, 0.2) is 0 Å². The van der Waals surface area contributed by atoms with Crippen molar-refractivity contribution in [2.45, 2.75) is 19.3 Å². The van der Waals surface area contributed by atoms with Gasteiger partial charge in [0.2, 0.25) is 0 Å². The van der Waals surface area contributed by atoms with Gasteiger partial charge >= 0.3 is 28.2 Å². The Bertz CT molecular complexity index is 548. The van der Waals surface area contributed by atoms with Crippen molar-refractivity contribution in [2.75, 3.05) is 29.5 Å². The molecule has 1 saturated heterocycles. The average Bonchev–Trinajstić information content (AvgIpc) is 2.33. The molecule has 0 bridgehead atoms. The monoisotopic (exact) mass is 291 g/mol. The van der Waals surface area contributed by atoms with Gasteiger partial charge in [-0.1, -0.05) is 9.97 Å². The van der Waals surface area contributed by atoms with E-state index in [0.717, 1.165) is 32.4 Å². The summed E-state index contributed by atoms with van der Waals surface area (Å²) in [5.74, 6) is -0.318. The molecule has 106 valence electrons. The minimum Gasteiger partial charge on any atom is -0.324 e. The molecule has 1 aromatic rings. The van der Waals surface area contributed by atoms with Crippen LogP contribution in [0.1, 0.15) is 19.3 Å². The molecule has 5 N–H and O–H groups in total. The van der Waals surface area contributed by atoms with Crippen LogP contribution in [0.5, 0.6) is 0 Å². The van der Waals surface area contributed by atoms with Crippen molar-refractivity contribution in [1.29, 1.82) is 0 Å². The van der Waals surface area contributed by atoms with E-state index in [-0.39, 0.29) is 11.9 Å². The highest BCUT2D eigenvalue weighted by Crippen LogP contribution is 2.15. The van der Waals surface area contributed by atoms with Crippen molar-refractivity contribution < 1.29 is 22.0 Å². The number of nitrogen functional groups attached to an aromatic ring is 2. The van der Waals surface area contributed by atoms with Gasteiger partial charge in [-0.15, -0.1) is 0 Å². The fourth-order valence-electron chi connectivity index (χ4n) is 1.84. The largest absolute Gasteiger partial charge is 0.472 e. The minimum absolute atomic E-state index is 0.310. The van der Waals surface area contributed by atoms with Crippen LogP contribution < -0.4 is 25.4 Å². The van der Waals surface area contributed by atoms with Gasteiger partial charge < -0.3 is 16.4 Å². The van der Waals surface area contributed by atoms with Crippen LogP contribution in [-0.4, -0.2) is 36.0 Å². The third-order valence-electron chi connectivity index (χ3n) is 2.65. The second kappa shape index (κ2) is 5.01. The molecule has 0 amide bonds. The molecule has 0 spiro atoms. The molecule has 1 aliphatic rings. The van der Waals surface area contributed by atoms with Crippen LogP contribution in [0.3, 0.4) is 0 Å². The first kappa shape index (κ1) is 13.5. The summed E-state index contributed by atoms with van der Waals surface area (Å²) in [6.07, 6.45) is 3.17. The molecule has 0 aliphatic carbocycles. The molecule has 1 fully saturated rings. The summed E-state index contributed by atoms with van der Waals surface area (Å²) in [5.41, 5.74) is 11.1. The molecule has 10 nitrogen and oxygen atoms in total. The molecule has 0 atom stereocenters. The zero-order valence-corrected chi connectivity index (χ0v) is 10.9. The number of hydrogen-bond donors (Lipinski definition) is 3. The van der Waals surface area contributed by atoms with Crippen LogP contribution in [0, 0.1) is 0 Å². The quantitative estimate of drug-likeness (QED) is 0.431. The van der Waals surface area contributed by atoms with Gasteiger partial charge in [-0.05, 0) is 24.0 Å². The molecule has 2 heterocycles. The number of nitrogens with two attached hydrogens (primary N) is 2. The fraction of sp³-hybridized carbons (Fsp3) is 0.625. The van der Waals surface area contributed by atoms with E-state index in [4.69, 9.17) is 16.0 Å². The Labute approximate surface area is 109 Å². The number of aromatic nitrogens is 3. The van der Waals surface area contributed by atoms with Gasteiger partial charge in [-0.25, -0.2) is 4.28 Å².